The van der Waals surface area contributed by atoms with Crippen molar-refractivity contribution in [2.24, 2.45) is 4.99 Å². The maximum absolute atomic E-state index is 6.05. The molecule has 3 heteroatoms. The van der Waals surface area contributed by atoms with Crippen LogP contribution in [-0.4, -0.2) is 33.5 Å². The zero-order chi connectivity index (χ0) is 13.8. The van der Waals surface area contributed by atoms with E-state index in [0.717, 1.165) is 18.0 Å². The van der Waals surface area contributed by atoms with Crippen LogP contribution in [0.3, 0.4) is 0 Å². The minimum atomic E-state index is 0.213. The van der Waals surface area contributed by atoms with Crippen LogP contribution in [0, 0.1) is 0 Å². The van der Waals surface area contributed by atoms with Gasteiger partial charge in [0, 0.05) is 0 Å². The van der Waals surface area contributed by atoms with Crippen molar-refractivity contribution < 1.29 is 4.74 Å². The summed E-state index contributed by atoms with van der Waals surface area (Å²) in [5.41, 5.74) is 1.08. The summed E-state index contributed by atoms with van der Waals surface area (Å²) in [5.74, 6) is 0.798. The average molecular weight is 330 g/mol. The predicted molar refractivity (Wildman–Crippen MR) is 84.0 cm³/mol. The Morgan fingerprint density at radius 3 is 2.40 bits per heavy atom. The molecule has 2 atom stereocenters. The van der Waals surface area contributed by atoms with Crippen molar-refractivity contribution >= 4 is 25.3 Å². The Balaban J connectivity index is 1.61. The third-order valence-corrected chi connectivity index (χ3v) is 5.85. The molecule has 0 amide bonds. The van der Waals surface area contributed by atoms with Gasteiger partial charge in [-0.25, -0.2) is 0 Å². The molecular formula is C17H17NOSe. The van der Waals surface area contributed by atoms with E-state index in [9.17, 15) is 0 Å². The third-order valence-electron chi connectivity index (χ3n) is 3.29. The molecule has 0 saturated carbocycles. The Bertz CT molecular complexity index is 582. The first-order valence-electron chi connectivity index (χ1n) is 6.81. The van der Waals surface area contributed by atoms with Crippen LogP contribution in [0.2, 0.25) is 4.82 Å². The second-order valence-corrected chi connectivity index (χ2v) is 7.85. The van der Waals surface area contributed by atoms with Gasteiger partial charge in [-0.1, -0.05) is 0 Å². The molecule has 0 aliphatic carbocycles. The fraction of sp³-hybridized carbons (Fsp3) is 0.235. The summed E-state index contributed by atoms with van der Waals surface area (Å²) in [6.07, 6.45) is 0.213. The molecule has 20 heavy (non-hydrogen) atoms. The summed E-state index contributed by atoms with van der Waals surface area (Å²) < 4.78 is 7.47. The number of rotatable bonds is 4. The van der Waals surface area contributed by atoms with Gasteiger partial charge in [-0.05, 0) is 0 Å². The number of nitrogens with zero attached hydrogens (tertiary/aromatic N) is 1. The molecule has 2 unspecified atom stereocenters. The van der Waals surface area contributed by atoms with Crippen LogP contribution in [0.1, 0.15) is 12.5 Å². The van der Waals surface area contributed by atoms with Crippen LogP contribution in [0.25, 0.3) is 0 Å². The van der Waals surface area contributed by atoms with Crippen molar-refractivity contribution in [2.45, 2.75) is 17.8 Å². The van der Waals surface area contributed by atoms with E-state index in [-0.39, 0.29) is 6.10 Å². The van der Waals surface area contributed by atoms with E-state index in [1.54, 1.807) is 0 Å². The molecule has 3 rings (SSSR count). The SMILES string of the molecule is CC([Se]c1ccccc1)C1CN=C(c2ccccc2)O1. The zero-order valence-corrected chi connectivity index (χ0v) is 13.1. The summed E-state index contributed by atoms with van der Waals surface area (Å²) in [4.78, 5) is 5.08. The summed E-state index contributed by atoms with van der Waals surface area (Å²) in [6, 6.07) is 20.8. The van der Waals surface area contributed by atoms with Gasteiger partial charge >= 0.3 is 126 Å². The van der Waals surface area contributed by atoms with Gasteiger partial charge in [-0.15, -0.1) is 0 Å². The van der Waals surface area contributed by atoms with E-state index in [4.69, 9.17) is 4.74 Å². The molecule has 0 bridgehead atoms. The van der Waals surface area contributed by atoms with Gasteiger partial charge in [0.2, 0.25) is 0 Å². The van der Waals surface area contributed by atoms with Crippen molar-refractivity contribution in [3.63, 3.8) is 0 Å². The number of hydrogen-bond acceptors (Lipinski definition) is 2. The fourth-order valence-electron chi connectivity index (χ4n) is 2.16. The van der Waals surface area contributed by atoms with Gasteiger partial charge in [0.15, 0.2) is 0 Å². The van der Waals surface area contributed by atoms with Crippen LogP contribution < -0.4 is 4.46 Å². The van der Waals surface area contributed by atoms with Gasteiger partial charge in [0.05, 0.1) is 0 Å². The first-order valence-corrected chi connectivity index (χ1v) is 8.66. The molecule has 0 N–H and O–H groups in total. The molecular weight excluding hydrogens is 313 g/mol. The van der Waals surface area contributed by atoms with Gasteiger partial charge in [-0.2, -0.15) is 0 Å². The Labute approximate surface area is 126 Å². The van der Waals surface area contributed by atoms with E-state index >= 15 is 0 Å². The van der Waals surface area contributed by atoms with Crippen LogP contribution in [0.15, 0.2) is 65.7 Å². The Hall–Kier alpha value is -1.57. The molecule has 0 spiro atoms. The average Bonchev–Trinajstić information content (AvgIpc) is 2.99. The molecule has 0 aromatic heterocycles. The van der Waals surface area contributed by atoms with Gasteiger partial charge < -0.3 is 0 Å². The van der Waals surface area contributed by atoms with Crippen molar-refractivity contribution in [3.05, 3.63) is 66.2 Å². The second-order valence-electron chi connectivity index (χ2n) is 4.80. The van der Waals surface area contributed by atoms with E-state index in [2.05, 4.69) is 42.2 Å². The molecule has 0 fully saturated rings. The molecule has 102 valence electrons. The molecule has 1 heterocycles. The monoisotopic (exact) mass is 331 g/mol. The third kappa shape index (κ3) is 3.12. The molecule has 1 aliphatic rings. The summed E-state index contributed by atoms with van der Waals surface area (Å²) in [7, 11) is 0. The van der Waals surface area contributed by atoms with E-state index in [0.29, 0.717) is 19.8 Å². The molecule has 0 saturated heterocycles. The zero-order valence-electron chi connectivity index (χ0n) is 11.4. The first kappa shape index (κ1) is 13.4. The van der Waals surface area contributed by atoms with Crippen LogP contribution in [0.4, 0.5) is 0 Å². The molecule has 1 aliphatic heterocycles. The Morgan fingerprint density at radius 1 is 1.05 bits per heavy atom. The second kappa shape index (κ2) is 6.25. The number of ether oxygens (including phenoxy) is 1. The minimum absolute atomic E-state index is 0.213. The molecule has 2 aromatic carbocycles. The van der Waals surface area contributed by atoms with E-state index in [1.807, 2.05) is 30.3 Å². The van der Waals surface area contributed by atoms with Crippen molar-refractivity contribution in [1.29, 1.82) is 0 Å². The molecule has 2 aromatic rings. The van der Waals surface area contributed by atoms with E-state index < -0.39 is 0 Å². The molecule has 2 nitrogen and oxygen atoms in total. The van der Waals surface area contributed by atoms with Gasteiger partial charge in [0.1, 0.15) is 0 Å². The summed E-state index contributed by atoms with van der Waals surface area (Å²) >= 11 is 0.424. The fourth-order valence-corrected chi connectivity index (χ4v) is 4.34. The first-order chi connectivity index (χ1) is 9.83. The topological polar surface area (TPSA) is 21.6 Å². The van der Waals surface area contributed by atoms with Gasteiger partial charge in [0.25, 0.3) is 0 Å². The van der Waals surface area contributed by atoms with Gasteiger partial charge in [-0.3, -0.25) is 0 Å². The van der Waals surface area contributed by atoms with Crippen molar-refractivity contribution in [2.75, 3.05) is 6.54 Å². The predicted octanol–water partition coefficient (Wildman–Crippen LogP) is 2.67. The quantitative estimate of drug-likeness (QED) is 0.790. The maximum atomic E-state index is 6.05. The summed E-state index contributed by atoms with van der Waals surface area (Å²) in [5, 5.41) is 0. The van der Waals surface area contributed by atoms with Crippen molar-refractivity contribution in [1.82, 2.24) is 0 Å². The number of benzene rings is 2. The Kier molecular flexibility index (Phi) is 4.19. The van der Waals surface area contributed by atoms with Crippen LogP contribution >= 0.6 is 0 Å². The van der Waals surface area contributed by atoms with Crippen LogP contribution in [-0.2, 0) is 4.74 Å². The number of aliphatic imine (C=N–C) groups is 1. The molecule has 0 radical (unpaired) electrons. The number of hydrogen-bond donors (Lipinski definition) is 0. The standard InChI is InChI=1S/C17H17NOSe/c1-13(20-15-10-6-3-7-11-15)16-12-18-17(19-16)14-8-4-2-5-9-14/h2-11,13,16H,12H2,1H3. The van der Waals surface area contributed by atoms with Crippen LogP contribution in [0.5, 0.6) is 0 Å². The van der Waals surface area contributed by atoms with E-state index in [1.165, 1.54) is 4.46 Å². The normalized spacial score (nSPS) is 19.2. The van der Waals surface area contributed by atoms with Crippen molar-refractivity contribution in [3.8, 4) is 0 Å². The summed E-state index contributed by atoms with van der Waals surface area (Å²) in [6.45, 7) is 3.04. The Morgan fingerprint density at radius 2 is 1.70 bits per heavy atom.